The number of carbonyl (C=O) groups is 1. The minimum atomic E-state index is -0.459. The Kier molecular flexibility index (Phi) is 3.49. The molecule has 0 aromatic carbocycles. The van der Waals surface area contributed by atoms with E-state index in [1.54, 1.807) is 12.1 Å². The number of anilines is 1. The number of rotatable bonds is 4. The number of hydrogen-bond donors (Lipinski definition) is 3. The standard InChI is InChI=1S/C11H18N4O/c1-7-4-8(10(13)16)5-9(14-7)15-11(2,3)6-12/h4-5H,6,12H2,1-3H3,(H2,13,16)(H,14,15). The molecular weight excluding hydrogens is 204 g/mol. The molecule has 5 heteroatoms. The average Bonchev–Trinajstić information content (AvgIpc) is 2.16. The molecule has 88 valence electrons. The highest BCUT2D eigenvalue weighted by Crippen LogP contribution is 2.14. The maximum absolute atomic E-state index is 11.1. The Labute approximate surface area is 95.2 Å². The number of aromatic nitrogens is 1. The zero-order valence-corrected chi connectivity index (χ0v) is 9.87. The van der Waals surface area contributed by atoms with Gasteiger partial charge in [0.1, 0.15) is 5.82 Å². The molecule has 1 aromatic rings. The van der Waals surface area contributed by atoms with Crippen molar-refractivity contribution < 1.29 is 4.79 Å². The van der Waals surface area contributed by atoms with Gasteiger partial charge in [-0.2, -0.15) is 0 Å². The molecule has 0 saturated heterocycles. The van der Waals surface area contributed by atoms with E-state index >= 15 is 0 Å². The van der Waals surface area contributed by atoms with Gasteiger partial charge in [0.25, 0.3) is 0 Å². The van der Waals surface area contributed by atoms with Crippen molar-refractivity contribution >= 4 is 11.7 Å². The lowest BCUT2D eigenvalue weighted by Gasteiger charge is -2.25. The second-order valence-corrected chi connectivity index (χ2v) is 4.46. The molecule has 0 bridgehead atoms. The third-order valence-corrected chi connectivity index (χ3v) is 2.21. The molecule has 1 aromatic heterocycles. The number of nitrogens with one attached hydrogen (secondary N) is 1. The lowest BCUT2D eigenvalue weighted by molar-refractivity contribution is 0.1000. The molecule has 0 saturated carbocycles. The fourth-order valence-electron chi connectivity index (χ4n) is 1.27. The summed E-state index contributed by atoms with van der Waals surface area (Å²) in [5, 5.41) is 3.16. The lowest BCUT2D eigenvalue weighted by atomic mass is 10.1. The average molecular weight is 222 g/mol. The first-order valence-corrected chi connectivity index (χ1v) is 5.11. The zero-order valence-electron chi connectivity index (χ0n) is 9.87. The van der Waals surface area contributed by atoms with Gasteiger partial charge in [0.05, 0.1) is 0 Å². The number of hydrogen-bond acceptors (Lipinski definition) is 4. The number of pyridine rings is 1. The van der Waals surface area contributed by atoms with E-state index in [-0.39, 0.29) is 5.54 Å². The van der Waals surface area contributed by atoms with Crippen LogP contribution < -0.4 is 16.8 Å². The van der Waals surface area contributed by atoms with Gasteiger partial charge < -0.3 is 16.8 Å². The predicted octanol–water partition coefficient (Wildman–Crippen LogP) is 0.638. The highest BCUT2D eigenvalue weighted by atomic mass is 16.1. The fourth-order valence-corrected chi connectivity index (χ4v) is 1.27. The fraction of sp³-hybridized carbons (Fsp3) is 0.455. The van der Waals surface area contributed by atoms with Gasteiger partial charge in [0.15, 0.2) is 0 Å². The molecule has 0 unspecified atom stereocenters. The Bertz CT molecular complexity index is 401. The first-order valence-electron chi connectivity index (χ1n) is 5.11. The molecule has 0 fully saturated rings. The molecule has 1 amide bonds. The largest absolute Gasteiger partial charge is 0.366 e. The Morgan fingerprint density at radius 1 is 1.50 bits per heavy atom. The second kappa shape index (κ2) is 4.49. The Morgan fingerprint density at radius 2 is 2.12 bits per heavy atom. The van der Waals surface area contributed by atoms with Crippen LogP contribution in [0.15, 0.2) is 12.1 Å². The molecule has 0 atom stereocenters. The zero-order chi connectivity index (χ0) is 12.3. The van der Waals surface area contributed by atoms with Crippen molar-refractivity contribution in [2.75, 3.05) is 11.9 Å². The molecule has 5 N–H and O–H groups in total. The SMILES string of the molecule is Cc1cc(C(N)=O)cc(NC(C)(C)CN)n1. The smallest absolute Gasteiger partial charge is 0.248 e. The minimum Gasteiger partial charge on any atom is -0.366 e. The van der Waals surface area contributed by atoms with E-state index in [0.29, 0.717) is 17.9 Å². The van der Waals surface area contributed by atoms with Crippen LogP contribution in [-0.4, -0.2) is 23.0 Å². The molecule has 1 heterocycles. The summed E-state index contributed by atoms with van der Waals surface area (Å²) in [7, 11) is 0. The summed E-state index contributed by atoms with van der Waals surface area (Å²) in [6.45, 7) is 6.20. The molecule has 1 rings (SSSR count). The Balaban J connectivity index is 3.01. The Hall–Kier alpha value is -1.62. The van der Waals surface area contributed by atoms with Crippen LogP contribution in [-0.2, 0) is 0 Å². The van der Waals surface area contributed by atoms with E-state index in [1.807, 2.05) is 20.8 Å². The van der Waals surface area contributed by atoms with E-state index in [0.717, 1.165) is 5.69 Å². The normalized spacial score (nSPS) is 11.2. The van der Waals surface area contributed by atoms with Crippen molar-refractivity contribution in [1.29, 1.82) is 0 Å². The summed E-state index contributed by atoms with van der Waals surface area (Å²) in [5.74, 6) is 0.156. The summed E-state index contributed by atoms with van der Waals surface area (Å²) >= 11 is 0. The molecule has 0 aliphatic carbocycles. The van der Waals surface area contributed by atoms with Crippen molar-refractivity contribution in [3.05, 3.63) is 23.4 Å². The quantitative estimate of drug-likeness (QED) is 0.696. The van der Waals surface area contributed by atoms with Gasteiger partial charge >= 0.3 is 0 Å². The van der Waals surface area contributed by atoms with Gasteiger partial charge in [-0.05, 0) is 32.9 Å². The predicted molar refractivity (Wildman–Crippen MR) is 64.2 cm³/mol. The third kappa shape index (κ3) is 3.20. The summed E-state index contributed by atoms with van der Waals surface area (Å²) < 4.78 is 0. The Morgan fingerprint density at radius 3 is 2.62 bits per heavy atom. The van der Waals surface area contributed by atoms with Crippen LogP contribution in [0.4, 0.5) is 5.82 Å². The van der Waals surface area contributed by atoms with Crippen LogP contribution >= 0.6 is 0 Å². The molecule has 5 nitrogen and oxygen atoms in total. The monoisotopic (exact) mass is 222 g/mol. The molecular formula is C11H18N4O. The summed E-state index contributed by atoms with van der Waals surface area (Å²) in [4.78, 5) is 15.4. The second-order valence-electron chi connectivity index (χ2n) is 4.46. The van der Waals surface area contributed by atoms with Gasteiger partial charge in [-0.25, -0.2) is 4.98 Å². The maximum Gasteiger partial charge on any atom is 0.248 e. The van der Waals surface area contributed by atoms with E-state index in [1.165, 1.54) is 0 Å². The van der Waals surface area contributed by atoms with E-state index in [9.17, 15) is 4.79 Å². The summed E-state index contributed by atoms with van der Waals surface area (Å²) in [6, 6.07) is 3.29. The number of aryl methyl sites for hydroxylation is 1. The van der Waals surface area contributed by atoms with Gasteiger partial charge in [0, 0.05) is 23.3 Å². The first kappa shape index (κ1) is 12.4. The van der Waals surface area contributed by atoms with E-state index < -0.39 is 5.91 Å². The van der Waals surface area contributed by atoms with Crippen LogP contribution in [0, 0.1) is 6.92 Å². The molecule has 16 heavy (non-hydrogen) atoms. The van der Waals surface area contributed by atoms with Crippen molar-refractivity contribution in [3.63, 3.8) is 0 Å². The van der Waals surface area contributed by atoms with Gasteiger partial charge in [-0.15, -0.1) is 0 Å². The van der Waals surface area contributed by atoms with Crippen LogP contribution in [0.2, 0.25) is 0 Å². The number of nitrogens with zero attached hydrogens (tertiary/aromatic N) is 1. The minimum absolute atomic E-state index is 0.268. The van der Waals surface area contributed by atoms with Gasteiger partial charge in [-0.1, -0.05) is 0 Å². The maximum atomic E-state index is 11.1. The summed E-state index contributed by atoms with van der Waals surface area (Å²) in [5.41, 5.74) is 11.8. The number of primary amides is 1. The van der Waals surface area contributed by atoms with E-state index in [4.69, 9.17) is 11.5 Å². The van der Waals surface area contributed by atoms with Crippen molar-refractivity contribution in [1.82, 2.24) is 4.98 Å². The van der Waals surface area contributed by atoms with Crippen LogP contribution in [0.3, 0.4) is 0 Å². The first-order chi connectivity index (χ1) is 7.34. The van der Waals surface area contributed by atoms with Crippen molar-refractivity contribution in [2.45, 2.75) is 26.3 Å². The highest BCUT2D eigenvalue weighted by Gasteiger charge is 2.16. The number of nitrogens with two attached hydrogens (primary N) is 2. The van der Waals surface area contributed by atoms with Gasteiger partial charge in [-0.3, -0.25) is 4.79 Å². The third-order valence-electron chi connectivity index (χ3n) is 2.21. The summed E-state index contributed by atoms with van der Waals surface area (Å²) in [6.07, 6.45) is 0. The molecule has 0 aliphatic heterocycles. The van der Waals surface area contributed by atoms with Gasteiger partial charge in [0.2, 0.25) is 5.91 Å². The van der Waals surface area contributed by atoms with E-state index in [2.05, 4.69) is 10.3 Å². The number of amides is 1. The van der Waals surface area contributed by atoms with Crippen LogP contribution in [0.25, 0.3) is 0 Å². The van der Waals surface area contributed by atoms with Crippen molar-refractivity contribution in [3.8, 4) is 0 Å². The van der Waals surface area contributed by atoms with Crippen LogP contribution in [0.1, 0.15) is 29.9 Å². The molecule has 0 aliphatic rings. The lowest BCUT2D eigenvalue weighted by Crippen LogP contribution is -2.39. The highest BCUT2D eigenvalue weighted by molar-refractivity contribution is 5.93. The molecule has 0 radical (unpaired) electrons. The van der Waals surface area contributed by atoms with Crippen molar-refractivity contribution in [2.24, 2.45) is 11.5 Å². The topological polar surface area (TPSA) is 94.0 Å². The number of carbonyl (C=O) groups excluding carboxylic acids is 1. The molecule has 0 spiro atoms. The van der Waals surface area contributed by atoms with Crippen LogP contribution in [0.5, 0.6) is 0 Å².